The molecule has 1 aliphatic heterocycles. The number of ketones is 1. The zero-order chi connectivity index (χ0) is 35.3. The molecule has 262 valence electrons. The number of methoxy groups -OCH3 is 3. The van der Waals surface area contributed by atoms with E-state index < -0.39 is 17.7 Å². The molecular formula is C42H48N2O6. The molecule has 4 aromatic carbocycles. The Kier molecular flexibility index (Phi) is 13.1. The number of benzene rings is 4. The molecule has 1 heterocycles. The second-order valence-electron chi connectivity index (χ2n) is 13.0. The molecule has 0 saturated carbocycles. The lowest BCUT2D eigenvalue weighted by molar-refractivity contribution is -0.135. The van der Waals surface area contributed by atoms with E-state index >= 15 is 0 Å². The molecule has 8 heteroatoms. The van der Waals surface area contributed by atoms with E-state index in [4.69, 9.17) is 14.2 Å². The summed E-state index contributed by atoms with van der Waals surface area (Å²) in [5, 5.41) is 3.33. The monoisotopic (exact) mass is 676 g/mol. The van der Waals surface area contributed by atoms with Gasteiger partial charge in [0, 0.05) is 18.2 Å². The third kappa shape index (κ3) is 9.53. The van der Waals surface area contributed by atoms with Crippen LogP contribution in [0.5, 0.6) is 17.2 Å². The minimum Gasteiger partial charge on any atom is -0.493 e. The first-order valence-corrected chi connectivity index (χ1v) is 17.5. The van der Waals surface area contributed by atoms with Crippen LogP contribution in [0.25, 0.3) is 0 Å². The van der Waals surface area contributed by atoms with Crippen molar-refractivity contribution in [3.05, 3.63) is 125 Å². The Morgan fingerprint density at radius 2 is 1.22 bits per heavy atom. The minimum absolute atomic E-state index is 0.0134. The highest BCUT2D eigenvalue weighted by Gasteiger charge is 2.42. The number of likely N-dealkylation sites (tertiary alicyclic amines) is 1. The molecule has 0 bridgehead atoms. The second-order valence-corrected chi connectivity index (χ2v) is 13.0. The van der Waals surface area contributed by atoms with Crippen LogP contribution >= 0.6 is 0 Å². The maximum atomic E-state index is 14.2. The van der Waals surface area contributed by atoms with Gasteiger partial charge in [0.25, 0.3) is 11.7 Å². The Bertz CT molecular complexity index is 1630. The third-order valence-electron chi connectivity index (χ3n) is 9.51. The normalized spacial score (nSPS) is 15.5. The first-order chi connectivity index (χ1) is 24.4. The van der Waals surface area contributed by atoms with Crippen molar-refractivity contribution >= 4 is 17.6 Å². The van der Waals surface area contributed by atoms with Gasteiger partial charge in [-0.05, 0) is 86.1 Å². The summed E-state index contributed by atoms with van der Waals surface area (Å²) in [5.41, 5.74) is 3.77. The summed E-state index contributed by atoms with van der Waals surface area (Å²) in [6, 6.07) is 32.9. The SMILES string of the molecule is COc1cc(C(=O)C(=O)N2C[C@H](Cc3ccccc3)C[C@H]2C(=O)NC(CCCc2ccccc2)CCCc2ccccc2)cc(OC)c1OC. The number of carbonyl (C=O) groups is 3. The van der Waals surface area contributed by atoms with Gasteiger partial charge in [-0.15, -0.1) is 0 Å². The summed E-state index contributed by atoms with van der Waals surface area (Å²) < 4.78 is 16.3. The van der Waals surface area contributed by atoms with E-state index in [0.29, 0.717) is 25.1 Å². The predicted molar refractivity (Wildman–Crippen MR) is 195 cm³/mol. The summed E-state index contributed by atoms with van der Waals surface area (Å²) >= 11 is 0. The number of hydrogen-bond donors (Lipinski definition) is 1. The maximum absolute atomic E-state index is 14.2. The van der Waals surface area contributed by atoms with Crippen LogP contribution in [0.3, 0.4) is 0 Å². The quantitative estimate of drug-likeness (QED) is 0.0968. The van der Waals surface area contributed by atoms with Gasteiger partial charge in [0.1, 0.15) is 6.04 Å². The Hall–Kier alpha value is -5.11. The summed E-state index contributed by atoms with van der Waals surface area (Å²) in [5.74, 6) is -0.783. The second kappa shape index (κ2) is 18.0. The summed E-state index contributed by atoms with van der Waals surface area (Å²) in [7, 11) is 4.39. The smallest absolute Gasteiger partial charge is 0.295 e. The molecule has 50 heavy (non-hydrogen) atoms. The maximum Gasteiger partial charge on any atom is 0.295 e. The van der Waals surface area contributed by atoms with Crippen LogP contribution in [0.4, 0.5) is 0 Å². The summed E-state index contributed by atoms with van der Waals surface area (Å²) in [6.07, 6.45) is 6.47. The van der Waals surface area contributed by atoms with E-state index in [-0.39, 0.29) is 34.9 Å². The molecular weight excluding hydrogens is 628 g/mol. The number of carbonyl (C=O) groups excluding carboxylic acids is 3. The van der Waals surface area contributed by atoms with Gasteiger partial charge in [0.05, 0.1) is 21.3 Å². The summed E-state index contributed by atoms with van der Waals surface area (Å²) in [4.78, 5) is 43.5. The molecule has 2 amide bonds. The van der Waals surface area contributed by atoms with Crippen LogP contribution in [0.15, 0.2) is 103 Å². The van der Waals surface area contributed by atoms with Gasteiger partial charge >= 0.3 is 0 Å². The van der Waals surface area contributed by atoms with Crippen LogP contribution < -0.4 is 19.5 Å². The molecule has 1 N–H and O–H groups in total. The van der Waals surface area contributed by atoms with Gasteiger partial charge in [-0.25, -0.2) is 0 Å². The first-order valence-electron chi connectivity index (χ1n) is 17.5. The molecule has 1 saturated heterocycles. The van der Waals surface area contributed by atoms with Gasteiger partial charge in [-0.3, -0.25) is 14.4 Å². The zero-order valence-corrected chi connectivity index (χ0v) is 29.3. The van der Waals surface area contributed by atoms with Crippen molar-refractivity contribution in [2.24, 2.45) is 5.92 Å². The van der Waals surface area contributed by atoms with Gasteiger partial charge in [0.15, 0.2) is 11.5 Å². The minimum atomic E-state index is -0.770. The zero-order valence-electron chi connectivity index (χ0n) is 29.3. The lowest BCUT2D eigenvalue weighted by Crippen LogP contribution is -2.50. The van der Waals surface area contributed by atoms with E-state index in [0.717, 1.165) is 44.1 Å². The fourth-order valence-electron chi connectivity index (χ4n) is 6.94. The highest BCUT2D eigenvalue weighted by atomic mass is 16.5. The Balaban J connectivity index is 1.35. The molecule has 0 radical (unpaired) electrons. The number of nitrogens with zero attached hydrogens (tertiary/aromatic N) is 1. The molecule has 8 nitrogen and oxygen atoms in total. The van der Waals surface area contributed by atoms with E-state index in [1.54, 1.807) is 0 Å². The molecule has 4 aromatic rings. The van der Waals surface area contributed by atoms with Crippen LogP contribution in [-0.2, 0) is 28.9 Å². The van der Waals surface area contributed by atoms with E-state index in [1.165, 1.54) is 49.5 Å². The fraction of sp³-hybridized carbons (Fsp3) is 0.357. The van der Waals surface area contributed by atoms with Gasteiger partial charge in [-0.2, -0.15) is 0 Å². The van der Waals surface area contributed by atoms with Crippen molar-refractivity contribution in [3.63, 3.8) is 0 Å². The number of aryl methyl sites for hydroxylation is 2. The molecule has 5 rings (SSSR count). The lowest BCUT2D eigenvalue weighted by atomic mass is 9.96. The number of hydrogen-bond acceptors (Lipinski definition) is 6. The van der Waals surface area contributed by atoms with Crippen LogP contribution in [-0.4, -0.2) is 62.5 Å². The van der Waals surface area contributed by atoms with Crippen molar-refractivity contribution in [3.8, 4) is 17.2 Å². The van der Waals surface area contributed by atoms with Crippen molar-refractivity contribution in [2.45, 2.75) is 63.5 Å². The Morgan fingerprint density at radius 3 is 1.70 bits per heavy atom. The number of rotatable bonds is 17. The first kappa shape index (κ1) is 36.2. The van der Waals surface area contributed by atoms with Gasteiger partial charge in [-0.1, -0.05) is 91.0 Å². The van der Waals surface area contributed by atoms with Crippen molar-refractivity contribution in [2.75, 3.05) is 27.9 Å². The van der Waals surface area contributed by atoms with Crippen LogP contribution in [0.2, 0.25) is 0 Å². The molecule has 0 unspecified atom stereocenters. The Morgan fingerprint density at radius 1 is 0.720 bits per heavy atom. The largest absolute Gasteiger partial charge is 0.493 e. The number of nitrogens with one attached hydrogen (secondary N) is 1. The molecule has 2 atom stereocenters. The highest BCUT2D eigenvalue weighted by Crippen LogP contribution is 2.38. The molecule has 0 aliphatic carbocycles. The summed E-state index contributed by atoms with van der Waals surface area (Å²) in [6.45, 7) is 0.300. The average molecular weight is 677 g/mol. The van der Waals surface area contributed by atoms with E-state index in [9.17, 15) is 14.4 Å². The van der Waals surface area contributed by atoms with Crippen molar-refractivity contribution in [1.82, 2.24) is 10.2 Å². The van der Waals surface area contributed by atoms with E-state index in [1.807, 2.05) is 54.6 Å². The lowest BCUT2D eigenvalue weighted by Gasteiger charge is -2.26. The molecule has 0 aromatic heterocycles. The van der Waals surface area contributed by atoms with E-state index in [2.05, 4.69) is 41.7 Å². The number of Topliss-reactive ketones (excluding diaryl/α,β-unsaturated/α-hetero) is 1. The average Bonchev–Trinajstić information content (AvgIpc) is 3.58. The molecule has 0 spiro atoms. The Labute approximate surface area is 295 Å². The van der Waals surface area contributed by atoms with Crippen LogP contribution in [0.1, 0.15) is 59.2 Å². The highest BCUT2D eigenvalue weighted by molar-refractivity contribution is 6.43. The predicted octanol–water partition coefficient (Wildman–Crippen LogP) is 6.89. The van der Waals surface area contributed by atoms with Gasteiger partial charge < -0.3 is 24.4 Å². The van der Waals surface area contributed by atoms with Crippen molar-refractivity contribution in [1.29, 1.82) is 0 Å². The van der Waals surface area contributed by atoms with Gasteiger partial charge in [0.2, 0.25) is 11.7 Å². The fourth-order valence-corrected chi connectivity index (χ4v) is 6.94. The molecule has 1 aliphatic rings. The topological polar surface area (TPSA) is 94.2 Å². The number of amides is 2. The third-order valence-corrected chi connectivity index (χ3v) is 9.51. The number of ether oxygens (including phenoxy) is 3. The standard InChI is InChI=1S/C42H48N2O6/c1-48-37-27-34(28-38(49-2)40(37)50-3)39(45)42(47)44-29-33(25-32-19-11-6-12-20-32)26-36(44)41(46)43-35(23-13-21-30-15-7-4-8-16-30)24-14-22-31-17-9-5-10-18-31/h4-12,15-20,27-28,33,35-36H,13-14,21-26,29H2,1-3H3,(H,43,46)/t33-,36+/m1/s1. The van der Waals surface area contributed by atoms with Crippen molar-refractivity contribution < 1.29 is 28.6 Å². The molecule has 1 fully saturated rings. The van der Waals surface area contributed by atoms with Crippen LogP contribution in [0, 0.1) is 5.92 Å².